The van der Waals surface area contributed by atoms with Crippen LogP contribution in [0.5, 0.6) is 0 Å². The number of carbonyl (C=O) groups is 1. The van der Waals surface area contributed by atoms with Gasteiger partial charge in [-0.3, -0.25) is 0 Å². The number of esters is 1. The van der Waals surface area contributed by atoms with Crippen LogP contribution >= 0.6 is 11.8 Å². The van der Waals surface area contributed by atoms with Crippen LogP contribution in [0, 0.1) is 0 Å². The van der Waals surface area contributed by atoms with E-state index in [1.54, 1.807) is 17.8 Å². The van der Waals surface area contributed by atoms with Crippen molar-refractivity contribution in [3.63, 3.8) is 0 Å². The van der Waals surface area contributed by atoms with Crippen LogP contribution in [-0.2, 0) is 14.4 Å². The highest BCUT2D eigenvalue weighted by atomic mass is 32.2. The molecule has 1 N–H and O–H groups in total. The van der Waals surface area contributed by atoms with Gasteiger partial charge in [0.25, 0.3) is 0 Å². The van der Waals surface area contributed by atoms with Crippen molar-refractivity contribution >= 4 is 23.4 Å². The summed E-state index contributed by atoms with van der Waals surface area (Å²) in [5.74, 6) is 1.25. The molecule has 0 aliphatic carbocycles. The highest BCUT2D eigenvalue weighted by Crippen LogP contribution is 2.40. The largest absolute Gasteiger partial charge is 0.511 e. The quantitative estimate of drug-likeness (QED) is 0.278. The lowest BCUT2D eigenvalue weighted by Crippen LogP contribution is -2.41. The van der Waals surface area contributed by atoms with E-state index in [1.807, 2.05) is 6.92 Å². The number of aliphatic hydroxyl groups is 1. The molecule has 0 bridgehead atoms. The lowest BCUT2D eigenvalue weighted by Gasteiger charge is -2.33. The van der Waals surface area contributed by atoms with Crippen LogP contribution < -0.4 is 0 Å². The maximum absolute atomic E-state index is 12.2. The van der Waals surface area contributed by atoms with E-state index in [0.29, 0.717) is 18.6 Å². The Kier molecular flexibility index (Phi) is 4.75. The number of carbonyl (C=O) groups excluding carboxylic acids is 1. The molecular formula is C14H19NO4S. The zero-order valence-corrected chi connectivity index (χ0v) is 12.4. The molecular weight excluding hydrogens is 278 g/mol. The molecule has 1 fully saturated rings. The lowest BCUT2D eigenvalue weighted by molar-refractivity contribution is -0.155. The number of oxime groups is 1. The molecule has 0 radical (unpaired) electrons. The van der Waals surface area contributed by atoms with Crippen molar-refractivity contribution in [3.05, 3.63) is 24.0 Å². The first kappa shape index (κ1) is 15.0. The zero-order valence-electron chi connectivity index (χ0n) is 11.6. The van der Waals surface area contributed by atoms with Crippen LogP contribution in [0.1, 0.15) is 26.2 Å². The summed E-state index contributed by atoms with van der Waals surface area (Å²) in [4.78, 5) is 17.2. The second kappa shape index (κ2) is 6.35. The van der Waals surface area contributed by atoms with Gasteiger partial charge in [-0.05, 0) is 18.6 Å². The highest BCUT2D eigenvalue weighted by Gasteiger charge is 2.45. The fraction of sp³-hybridized carbons (Fsp3) is 0.571. The molecule has 2 heterocycles. The molecule has 2 rings (SSSR count). The molecule has 1 unspecified atom stereocenters. The number of rotatable bonds is 5. The normalized spacial score (nSPS) is 26.9. The number of hydrogen-bond donors (Lipinski definition) is 1. The van der Waals surface area contributed by atoms with Gasteiger partial charge in [-0.25, -0.2) is 4.79 Å². The van der Waals surface area contributed by atoms with E-state index >= 15 is 0 Å². The molecule has 0 aromatic rings. The van der Waals surface area contributed by atoms with Gasteiger partial charge in [0.2, 0.25) is 0 Å². The number of hydrogen-bond acceptors (Lipinski definition) is 6. The predicted molar refractivity (Wildman–Crippen MR) is 78.9 cm³/mol. The summed E-state index contributed by atoms with van der Waals surface area (Å²) < 4.78 is 5.57. The van der Waals surface area contributed by atoms with Gasteiger partial charge < -0.3 is 14.7 Å². The monoisotopic (exact) mass is 297 g/mol. The van der Waals surface area contributed by atoms with Gasteiger partial charge in [0.15, 0.2) is 0 Å². The van der Waals surface area contributed by atoms with Crippen molar-refractivity contribution in [1.29, 1.82) is 0 Å². The van der Waals surface area contributed by atoms with E-state index in [1.165, 1.54) is 0 Å². The smallest absolute Gasteiger partial charge is 0.344 e. The molecule has 1 saturated heterocycles. The predicted octanol–water partition coefficient (Wildman–Crippen LogP) is 2.59. The summed E-state index contributed by atoms with van der Waals surface area (Å²) in [6.07, 6.45) is 3.19. The van der Waals surface area contributed by atoms with Gasteiger partial charge in [0.1, 0.15) is 23.5 Å². The third kappa shape index (κ3) is 3.00. The van der Waals surface area contributed by atoms with Gasteiger partial charge >= 0.3 is 5.97 Å². The first-order chi connectivity index (χ1) is 9.62. The Morgan fingerprint density at radius 3 is 3.05 bits per heavy atom. The Bertz CT molecular complexity index is 464. The van der Waals surface area contributed by atoms with Gasteiger partial charge in [0.05, 0.1) is 5.71 Å². The van der Waals surface area contributed by atoms with Crippen molar-refractivity contribution < 1.29 is 19.5 Å². The minimum Gasteiger partial charge on any atom is -0.511 e. The van der Waals surface area contributed by atoms with E-state index in [-0.39, 0.29) is 17.9 Å². The van der Waals surface area contributed by atoms with Crippen molar-refractivity contribution in [2.24, 2.45) is 5.16 Å². The fourth-order valence-corrected chi connectivity index (χ4v) is 3.68. The molecule has 0 saturated carbocycles. The first-order valence-electron chi connectivity index (χ1n) is 6.65. The molecule has 1 atom stereocenters. The van der Waals surface area contributed by atoms with Crippen molar-refractivity contribution in [2.75, 3.05) is 18.1 Å². The van der Waals surface area contributed by atoms with Gasteiger partial charge in [-0.15, -0.1) is 0 Å². The summed E-state index contributed by atoms with van der Waals surface area (Å²) in [5.41, 5.74) is 0.0322. The Morgan fingerprint density at radius 2 is 2.50 bits per heavy atom. The standard InChI is InChI=1S/C14H19NO4S/c1-3-6-18-15-10(4-2)12-11(16)8-14(19-13(12)17)5-7-20-9-14/h3,16H,1,4-9H2,2H3. The van der Waals surface area contributed by atoms with Crippen molar-refractivity contribution in [3.8, 4) is 0 Å². The van der Waals surface area contributed by atoms with E-state index in [0.717, 1.165) is 17.9 Å². The molecule has 110 valence electrons. The van der Waals surface area contributed by atoms with Crippen molar-refractivity contribution in [1.82, 2.24) is 0 Å². The third-order valence-corrected chi connectivity index (χ3v) is 4.57. The number of aliphatic hydroxyl groups excluding tert-OH is 1. The van der Waals surface area contributed by atoms with Crippen LogP contribution in [0.25, 0.3) is 0 Å². The number of thioether (sulfide) groups is 1. The number of ether oxygens (including phenoxy) is 1. The van der Waals surface area contributed by atoms with Crippen LogP contribution in [0.15, 0.2) is 29.1 Å². The van der Waals surface area contributed by atoms with Crippen molar-refractivity contribution in [2.45, 2.75) is 31.8 Å². The van der Waals surface area contributed by atoms with Crippen LogP contribution in [0.3, 0.4) is 0 Å². The molecule has 0 aromatic carbocycles. The summed E-state index contributed by atoms with van der Waals surface area (Å²) in [6.45, 7) is 5.63. The van der Waals surface area contributed by atoms with Gasteiger partial charge in [-0.1, -0.05) is 24.7 Å². The minimum absolute atomic E-state index is 0.0616. The number of nitrogens with zero attached hydrogens (tertiary/aromatic N) is 1. The molecule has 20 heavy (non-hydrogen) atoms. The maximum atomic E-state index is 12.2. The summed E-state index contributed by atoms with van der Waals surface area (Å²) in [5, 5.41) is 14.1. The SMILES string of the molecule is C=CCON=C(CC)C1=C(O)CC2(CCSC2)OC1=O. The molecule has 0 aromatic heterocycles. The third-order valence-electron chi connectivity index (χ3n) is 3.35. The Hall–Kier alpha value is -1.43. The van der Waals surface area contributed by atoms with Gasteiger partial charge in [0, 0.05) is 12.2 Å². The Balaban J connectivity index is 2.23. The topological polar surface area (TPSA) is 68.1 Å². The minimum atomic E-state index is -0.532. The fourth-order valence-electron chi connectivity index (χ4n) is 2.34. The molecule has 6 heteroatoms. The summed E-state index contributed by atoms with van der Waals surface area (Å²) in [6, 6.07) is 0. The van der Waals surface area contributed by atoms with Crippen LogP contribution in [0.4, 0.5) is 0 Å². The van der Waals surface area contributed by atoms with E-state index < -0.39 is 11.6 Å². The van der Waals surface area contributed by atoms with E-state index in [9.17, 15) is 9.90 Å². The summed E-state index contributed by atoms with van der Waals surface area (Å²) in [7, 11) is 0. The maximum Gasteiger partial charge on any atom is 0.344 e. The van der Waals surface area contributed by atoms with E-state index in [4.69, 9.17) is 9.57 Å². The first-order valence-corrected chi connectivity index (χ1v) is 7.80. The summed E-state index contributed by atoms with van der Waals surface area (Å²) >= 11 is 1.74. The zero-order chi connectivity index (χ0) is 14.6. The highest BCUT2D eigenvalue weighted by molar-refractivity contribution is 7.99. The molecule has 5 nitrogen and oxygen atoms in total. The van der Waals surface area contributed by atoms with Gasteiger partial charge in [-0.2, -0.15) is 11.8 Å². The molecule has 2 aliphatic rings. The van der Waals surface area contributed by atoms with Crippen LogP contribution in [0.2, 0.25) is 0 Å². The molecule has 2 aliphatic heterocycles. The average molecular weight is 297 g/mol. The molecule has 0 amide bonds. The van der Waals surface area contributed by atoms with Crippen LogP contribution in [-0.4, -0.2) is 40.5 Å². The molecule has 1 spiro atoms. The Labute approximate surface area is 122 Å². The average Bonchev–Trinajstić information content (AvgIpc) is 2.84. The lowest BCUT2D eigenvalue weighted by atomic mass is 9.91. The van der Waals surface area contributed by atoms with E-state index in [2.05, 4.69) is 11.7 Å². The second-order valence-electron chi connectivity index (χ2n) is 4.85. The Morgan fingerprint density at radius 1 is 1.70 bits per heavy atom. The second-order valence-corrected chi connectivity index (χ2v) is 5.95.